The van der Waals surface area contributed by atoms with Crippen LogP contribution >= 0.6 is 11.6 Å². The number of aromatic hydroxyl groups is 1. The van der Waals surface area contributed by atoms with Crippen LogP contribution in [0.5, 0.6) is 11.5 Å². The Balaban J connectivity index is 2.34. The van der Waals surface area contributed by atoms with Gasteiger partial charge in [-0.25, -0.2) is 0 Å². The summed E-state index contributed by atoms with van der Waals surface area (Å²) in [4.78, 5) is 3.72. The van der Waals surface area contributed by atoms with Crippen molar-refractivity contribution >= 4 is 11.6 Å². The van der Waals surface area contributed by atoms with Crippen LogP contribution in [0.3, 0.4) is 0 Å². The van der Waals surface area contributed by atoms with Gasteiger partial charge < -0.3 is 14.9 Å². The van der Waals surface area contributed by atoms with Crippen LogP contribution in [-0.4, -0.2) is 27.9 Å². The zero-order chi connectivity index (χ0) is 17.2. The van der Waals surface area contributed by atoms with E-state index < -0.39 is 17.8 Å². The molecule has 0 saturated carbocycles. The van der Waals surface area contributed by atoms with Crippen molar-refractivity contribution < 1.29 is 28.1 Å². The molecule has 2 rings (SSSR count). The largest absolute Gasteiger partial charge is 0.504 e. The number of alkyl halides is 3. The second-order valence-corrected chi connectivity index (χ2v) is 5.25. The topological polar surface area (TPSA) is 62.6 Å². The van der Waals surface area contributed by atoms with E-state index in [-0.39, 0.29) is 28.8 Å². The van der Waals surface area contributed by atoms with Gasteiger partial charge in [-0.15, -0.1) is 0 Å². The van der Waals surface area contributed by atoms with E-state index in [1.807, 2.05) is 0 Å². The maximum Gasteiger partial charge on any atom is 0.417 e. The first-order chi connectivity index (χ1) is 10.7. The molecule has 1 atom stereocenters. The third-order valence-electron chi connectivity index (χ3n) is 2.99. The average molecular weight is 348 g/mol. The molecule has 1 aromatic carbocycles. The third-order valence-corrected chi connectivity index (χ3v) is 3.27. The molecule has 2 N–H and O–H groups in total. The number of phenols is 1. The summed E-state index contributed by atoms with van der Waals surface area (Å²) in [7, 11) is 0. The molecule has 4 nitrogen and oxygen atoms in total. The molecule has 0 aliphatic rings. The summed E-state index contributed by atoms with van der Waals surface area (Å²) in [5.41, 5.74) is -0.505. The van der Waals surface area contributed by atoms with Crippen LogP contribution in [0, 0.1) is 0 Å². The van der Waals surface area contributed by atoms with Crippen molar-refractivity contribution in [1.29, 1.82) is 0 Å². The van der Waals surface area contributed by atoms with Crippen LogP contribution in [0.25, 0.3) is 11.3 Å². The van der Waals surface area contributed by atoms with Gasteiger partial charge in [0.2, 0.25) is 0 Å². The fraction of sp³-hybridized carbons (Fsp3) is 0.267. The molecular weight excluding hydrogens is 335 g/mol. The van der Waals surface area contributed by atoms with Gasteiger partial charge in [-0.3, -0.25) is 4.98 Å². The smallest absolute Gasteiger partial charge is 0.417 e. The summed E-state index contributed by atoms with van der Waals surface area (Å²) in [6.45, 7) is 1.38. The number of aliphatic hydroxyl groups excluding tert-OH is 1. The molecule has 0 spiro atoms. The molecule has 8 heteroatoms. The molecule has 1 aromatic heterocycles. The van der Waals surface area contributed by atoms with Gasteiger partial charge in [0, 0.05) is 11.8 Å². The minimum Gasteiger partial charge on any atom is -0.504 e. The average Bonchev–Trinajstić information content (AvgIpc) is 2.48. The van der Waals surface area contributed by atoms with Gasteiger partial charge in [0.05, 0.1) is 22.9 Å². The number of hydrogen-bond donors (Lipinski definition) is 2. The summed E-state index contributed by atoms with van der Waals surface area (Å²) in [6, 6.07) is 4.98. The number of nitrogens with zero attached hydrogens (tertiary/aromatic N) is 1. The first kappa shape index (κ1) is 17.4. The minimum atomic E-state index is -4.53. The number of aliphatic hydroxyl groups is 1. The van der Waals surface area contributed by atoms with Crippen molar-refractivity contribution in [1.82, 2.24) is 4.98 Å². The summed E-state index contributed by atoms with van der Waals surface area (Å²) in [5.74, 6) is -0.0982. The third kappa shape index (κ3) is 4.05. The Morgan fingerprint density at radius 3 is 2.52 bits per heavy atom. The molecule has 0 bridgehead atoms. The Hall–Kier alpha value is -1.99. The van der Waals surface area contributed by atoms with Crippen molar-refractivity contribution in [3.8, 4) is 22.8 Å². The van der Waals surface area contributed by atoms with E-state index in [0.29, 0.717) is 11.8 Å². The highest BCUT2D eigenvalue weighted by molar-refractivity contribution is 6.33. The minimum absolute atomic E-state index is 0.108. The zero-order valence-corrected chi connectivity index (χ0v) is 12.7. The number of phenolic OH excluding ortho intramolecular Hbond substituents is 1. The van der Waals surface area contributed by atoms with Crippen molar-refractivity contribution in [3.05, 3.63) is 41.0 Å². The Morgan fingerprint density at radius 2 is 2.00 bits per heavy atom. The molecule has 0 saturated heterocycles. The van der Waals surface area contributed by atoms with Crippen LogP contribution in [0.4, 0.5) is 13.2 Å². The molecule has 23 heavy (non-hydrogen) atoms. The second-order valence-electron chi connectivity index (χ2n) is 4.85. The SMILES string of the molecule is CC(CO)Oc1ccc(-c2ncc(C(F)(F)F)cc2Cl)cc1O. The van der Waals surface area contributed by atoms with Gasteiger partial charge in [-0.1, -0.05) is 11.6 Å². The second kappa shape index (κ2) is 6.64. The molecular formula is C15H13ClF3NO3. The predicted molar refractivity (Wildman–Crippen MR) is 78.5 cm³/mol. The molecule has 1 unspecified atom stereocenters. The van der Waals surface area contributed by atoms with E-state index in [1.54, 1.807) is 6.92 Å². The van der Waals surface area contributed by atoms with Gasteiger partial charge in [-0.2, -0.15) is 13.2 Å². The number of aromatic nitrogens is 1. The van der Waals surface area contributed by atoms with E-state index in [2.05, 4.69) is 4.98 Å². The van der Waals surface area contributed by atoms with Gasteiger partial charge >= 0.3 is 6.18 Å². The van der Waals surface area contributed by atoms with E-state index in [4.69, 9.17) is 21.4 Å². The maximum atomic E-state index is 12.6. The normalized spacial score (nSPS) is 13.0. The number of halogens is 4. The summed E-state index contributed by atoms with van der Waals surface area (Å²) < 4.78 is 43.1. The van der Waals surface area contributed by atoms with Gasteiger partial charge in [0.1, 0.15) is 6.10 Å². The van der Waals surface area contributed by atoms with E-state index in [1.165, 1.54) is 18.2 Å². The summed E-state index contributed by atoms with van der Waals surface area (Å²) in [6.07, 6.45) is -4.37. The summed E-state index contributed by atoms with van der Waals surface area (Å²) in [5, 5.41) is 18.7. The molecule has 0 aliphatic carbocycles. The Labute approximate surface area is 135 Å². The standard InChI is InChI=1S/C15H13ClF3NO3/c1-8(7-21)23-13-3-2-9(4-12(13)22)14-11(16)5-10(6-20-14)15(17,18)19/h2-6,8,21-22H,7H2,1H3. The van der Waals surface area contributed by atoms with E-state index >= 15 is 0 Å². The first-order valence-corrected chi connectivity index (χ1v) is 6.94. The maximum absolute atomic E-state index is 12.6. The lowest BCUT2D eigenvalue weighted by molar-refractivity contribution is -0.137. The van der Waals surface area contributed by atoms with Crippen LogP contribution in [0.2, 0.25) is 5.02 Å². The Kier molecular flexibility index (Phi) is 5.01. The van der Waals surface area contributed by atoms with E-state index in [0.717, 1.165) is 6.07 Å². The summed E-state index contributed by atoms with van der Waals surface area (Å²) >= 11 is 5.86. The first-order valence-electron chi connectivity index (χ1n) is 6.56. The van der Waals surface area contributed by atoms with Crippen LogP contribution < -0.4 is 4.74 Å². The quantitative estimate of drug-likeness (QED) is 0.881. The molecule has 2 aromatic rings. The highest BCUT2D eigenvalue weighted by Crippen LogP contribution is 2.36. The van der Waals surface area contributed by atoms with Crippen LogP contribution in [0.1, 0.15) is 12.5 Å². The van der Waals surface area contributed by atoms with Crippen LogP contribution in [0.15, 0.2) is 30.5 Å². The molecule has 1 heterocycles. The van der Waals surface area contributed by atoms with Crippen molar-refractivity contribution in [2.75, 3.05) is 6.61 Å². The number of rotatable bonds is 4. The molecule has 0 aliphatic heterocycles. The number of benzene rings is 1. The molecule has 124 valence electrons. The van der Waals surface area contributed by atoms with Crippen molar-refractivity contribution in [2.45, 2.75) is 19.2 Å². The molecule has 0 fully saturated rings. The monoisotopic (exact) mass is 347 g/mol. The molecule has 0 amide bonds. The fourth-order valence-corrected chi connectivity index (χ4v) is 2.10. The lowest BCUT2D eigenvalue weighted by Gasteiger charge is -2.14. The Morgan fingerprint density at radius 1 is 1.30 bits per heavy atom. The van der Waals surface area contributed by atoms with Gasteiger partial charge in [0.15, 0.2) is 11.5 Å². The lowest BCUT2D eigenvalue weighted by Crippen LogP contribution is -2.16. The molecule has 0 radical (unpaired) electrons. The fourth-order valence-electron chi connectivity index (χ4n) is 1.82. The Bertz CT molecular complexity index is 707. The number of ether oxygens (including phenoxy) is 1. The van der Waals surface area contributed by atoms with Crippen LogP contribution in [-0.2, 0) is 6.18 Å². The number of hydrogen-bond acceptors (Lipinski definition) is 4. The highest BCUT2D eigenvalue weighted by atomic mass is 35.5. The zero-order valence-electron chi connectivity index (χ0n) is 11.9. The van der Waals surface area contributed by atoms with Gasteiger partial charge in [0.25, 0.3) is 0 Å². The van der Waals surface area contributed by atoms with E-state index in [9.17, 15) is 18.3 Å². The van der Waals surface area contributed by atoms with Gasteiger partial charge in [-0.05, 0) is 31.2 Å². The highest BCUT2D eigenvalue weighted by Gasteiger charge is 2.31. The number of pyridine rings is 1. The van der Waals surface area contributed by atoms with Crippen molar-refractivity contribution in [2.24, 2.45) is 0 Å². The van der Waals surface area contributed by atoms with Crippen molar-refractivity contribution in [3.63, 3.8) is 0 Å². The lowest BCUT2D eigenvalue weighted by atomic mass is 10.1. The predicted octanol–water partition coefficient (Wildman–Crippen LogP) is 3.89.